The molecule has 0 spiro atoms. The number of nitrogens with one attached hydrogen (secondary N) is 2. The first-order valence-corrected chi connectivity index (χ1v) is 7.28. The minimum atomic E-state index is -0.420. The van der Waals surface area contributed by atoms with E-state index < -0.39 is 6.04 Å². The van der Waals surface area contributed by atoms with Crippen molar-refractivity contribution in [3.63, 3.8) is 0 Å². The third-order valence-electron chi connectivity index (χ3n) is 3.12. The third kappa shape index (κ3) is 3.79. The molecule has 8 heteroatoms. The van der Waals surface area contributed by atoms with Gasteiger partial charge in [-0.15, -0.1) is 0 Å². The summed E-state index contributed by atoms with van der Waals surface area (Å²) in [6.45, 7) is 2.84. The van der Waals surface area contributed by atoms with Crippen molar-refractivity contribution in [2.45, 2.75) is 25.8 Å². The van der Waals surface area contributed by atoms with Crippen molar-refractivity contribution >= 4 is 28.7 Å². The van der Waals surface area contributed by atoms with Crippen molar-refractivity contribution in [3.05, 3.63) is 18.3 Å². The predicted molar refractivity (Wildman–Crippen MR) is 86.1 cm³/mol. The van der Waals surface area contributed by atoms with Gasteiger partial charge in [-0.25, -0.2) is 4.98 Å². The Morgan fingerprint density at radius 3 is 2.95 bits per heavy atom. The minimum Gasteiger partial charge on any atom is -0.368 e. The van der Waals surface area contributed by atoms with Gasteiger partial charge in [0, 0.05) is 19.3 Å². The summed E-state index contributed by atoms with van der Waals surface area (Å²) in [5.41, 5.74) is 12.4. The predicted octanol–water partition coefficient (Wildman–Crippen LogP) is 0.263. The van der Waals surface area contributed by atoms with Crippen LogP contribution in [0.1, 0.15) is 19.8 Å². The molecule has 6 N–H and O–H groups in total. The van der Waals surface area contributed by atoms with Gasteiger partial charge >= 0.3 is 0 Å². The van der Waals surface area contributed by atoms with Gasteiger partial charge < -0.3 is 22.1 Å². The highest BCUT2D eigenvalue weighted by Gasteiger charge is 2.19. The van der Waals surface area contributed by atoms with Crippen LogP contribution in [0.15, 0.2) is 18.3 Å². The molecule has 2 aromatic rings. The van der Waals surface area contributed by atoms with Crippen LogP contribution in [0.4, 0.5) is 11.8 Å². The average Bonchev–Trinajstić information content (AvgIpc) is 2.52. The summed E-state index contributed by atoms with van der Waals surface area (Å²) in [5.74, 6) is 0.485. The molecule has 0 aliphatic heterocycles. The number of aromatic nitrogens is 3. The highest BCUT2D eigenvalue weighted by molar-refractivity contribution is 5.90. The van der Waals surface area contributed by atoms with Crippen LogP contribution in [-0.2, 0) is 4.79 Å². The monoisotopic (exact) mass is 303 g/mol. The minimum absolute atomic E-state index is 0.117. The first kappa shape index (κ1) is 15.9. The molecule has 8 nitrogen and oxygen atoms in total. The zero-order valence-electron chi connectivity index (χ0n) is 12.5. The maximum absolute atomic E-state index is 12.2. The van der Waals surface area contributed by atoms with Gasteiger partial charge in [-0.3, -0.25) is 9.78 Å². The van der Waals surface area contributed by atoms with Crippen LogP contribution >= 0.6 is 0 Å². The van der Waals surface area contributed by atoms with E-state index in [0.29, 0.717) is 36.4 Å². The number of fused-ring (bicyclic) bond motifs is 1. The van der Waals surface area contributed by atoms with Crippen molar-refractivity contribution in [1.82, 2.24) is 20.3 Å². The van der Waals surface area contributed by atoms with Crippen molar-refractivity contribution in [2.24, 2.45) is 5.73 Å². The molecule has 0 aliphatic carbocycles. The molecule has 0 aromatic carbocycles. The van der Waals surface area contributed by atoms with Crippen LogP contribution in [0.25, 0.3) is 11.0 Å². The molecule has 22 heavy (non-hydrogen) atoms. The maximum atomic E-state index is 12.2. The van der Waals surface area contributed by atoms with Crippen LogP contribution in [0.2, 0.25) is 0 Å². The smallest absolute Gasteiger partial charge is 0.242 e. The number of pyridine rings is 1. The van der Waals surface area contributed by atoms with Gasteiger partial charge in [0.2, 0.25) is 11.9 Å². The Morgan fingerprint density at radius 2 is 2.23 bits per heavy atom. The van der Waals surface area contributed by atoms with Crippen molar-refractivity contribution < 1.29 is 4.79 Å². The van der Waals surface area contributed by atoms with Gasteiger partial charge in [0.25, 0.3) is 0 Å². The quantitative estimate of drug-likeness (QED) is 0.577. The molecule has 0 bridgehead atoms. The first-order chi connectivity index (χ1) is 10.7. The normalized spacial score (nSPS) is 12.1. The third-order valence-corrected chi connectivity index (χ3v) is 3.12. The van der Waals surface area contributed by atoms with E-state index in [1.807, 2.05) is 6.92 Å². The van der Waals surface area contributed by atoms with Gasteiger partial charge in [0.05, 0.1) is 5.52 Å². The lowest BCUT2D eigenvalue weighted by molar-refractivity contribution is -0.121. The van der Waals surface area contributed by atoms with Crippen LogP contribution < -0.4 is 22.1 Å². The molecule has 2 heterocycles. The number of nitrogens with zero attached hydrogens (tertiary/aromatic N) is 3. The van der Waals surface area contributed by atoms with Crippen molar-refractivity contribution in [3.8, 4) is 0 Å². The lowest BCUT2D eigenvalue weighted by Crippen LogP contribution is -2.41. The molecule has 118 valence electrons. The van der Waals surface area contributed by atoms with E-state index >= 15 is 0 Å². The largest absolute Gasteiger partial charge is 0.368 e. The zero-order valence-corrected chi connectivity index (χ0v) is 12.5. The Balaban J connectivity index is 2.27. The number of nitrogens with two attached hydrogens (primary N) is 2. The summed E-state index contributed by atoms with van der Waals surface area (Å²) in [7, 11) is 0. The Hall–Kier alpha value is -2.48. The molecule has 0 saturated carbocycles. The summed E-state index contributed by atoms with van der Waals surface area (Å²) in [6, 6.07) is 3.15. The molecule has 0 saturated heterocycles. The molecule has 2 rings (SSSR count). The maximum Gasteiger partial charge on any atom is 0.242 e. The summed E-state index contributed by atoms with van der Waals surface area (Å²) >= 11 is 0. The number of carbonyl (C=O) groups is 1. The van der Waals surface area contributed by atoms with E-state index in [4.69, 9.17) is 11.5 Å². The van der Waals surface area contributed by atoms with Gasteiger partial charge in [0.15, 0.2) is 5.82 Å². The molecule has 0 aliphatic rings. The molecular formula is C14H21N7O. The SMILES string of the molecule is CCCC(Nc1nc(N)nc2cccnc12)C(=O)NCCN. The standard InChI is InChI=1S/C14H21N7O/c1-2-4-10(13(22)18-8-6-15)19-12-11-9(5-3-7-17-11)20-14(16)21-12/h3,5,7,10H,2,4,6,8,15H2,1H3,(H,18,22)(H3,16,19,20,21). The van der Waals surface area contributed by atoms with Gasteiger partial charge in [-0.2, -0.15) is 4.98 Å². The number of hydrogen-bond donors (Lipinski definition) is 4. The van der Waals surface area contributed by atoms with E-state index in [1.54, 1.807) is 18.3 Å². The summed E-state index contributed by atoms with van der Waals surface area (Å²) < 4.78 is 0. The second-order valence-electron chi connectivity index (χ2n) is 4.87. The van der Waals surface area contributed by atoms with Crippen molar-refractivity contribution in [2.75, 3.05) is 24.1 Å². The van der Waals surface area contributed by atoms with E-state index in [9.17, 15) is 4.79 Å². The Bertz CT molecular complexity index is 646. The van der Waals surface area contributed by atoms with Crippen LogP contribution in [0, 0.1) is 0 Å². The summed E-state index contributed by atoms with van der Waals surface area (Å²) in [5, 5.41) is 5.90. The average molecular weight is 303 g/mol. The molecule has 2 aromatic heterocycles. The van der Waals surface area contributed by atoms with Gasteiger partial charge in [0.1, 0.15) is 11.6 Å². The van der Waals surface area contributed by atoms with Crippen LogP contribution in [-0.4, -0.2) is 40.0 Å². The highest BCUT2D eigenvalue weighted by Crippen LogP contribution is 2.20. The van der Waals surface area contributed by atoms with Crippen LogP contribution in [0.5, 0.6) is 0 Å². The Labute approximate surface area is 128 Å². The molecule has 1 amide bonds. The van der Waals surface area contributed by atoms with E-state index in [-0.39, 0.29) is 11.9 Å². The molecule has 1 atom stereocenters. The topological polar surface area (TPSA) is 132 Å². The fourth-order valence-electron chi connectivity index (χ4n) is 2.13. The number of carbonyl (C=O) groups excluding carboxylic acids is 1. The summed E-state index contributed by atoms with van der Waals surface area (Å²) in [4.78, 5) is 24.8. The fraction of sp³-hybridized carbons (Fsp3) is 0.429. The highest BCUT2D eigenvalue weighted by atomic mass is 16.2. The first-order valence-electron chi connectivity index (χ1n) is 7.28. The zero-order chi connectivity index (χ0) is 15.9. The Kier molecular flexibility index (Phi) is 5.42. The molecule has 1 unspecified atom stereocenters. The Morgan fingerprint density at radius 1 is 1.41 bits per heavy atom. The van der Waals surface area contributed by atoms with E-state index in [0.717, 1.165) is 6.42 Å². The van der Waals surface area contributed by atoms with Gasteiger partial charge in [-0.05, 0) is 18.6 Å². The van der Waals surface area contributed by atoms with Gasteiger partial charge in [-0.1, -0.05) is 13.3 Å². The number of rotatable bonds is 7. The van der Waals surface area contributed by atoms with E-state index in [1.165, 1.54) is 0 Å². The number of amides is 1. The number of hydrogen-bond acceptors (Lipinski definition) is 7. The van der Waals surface area contributed by atoms with E-state index in [2.05, 4.69) is 25.6 Å². The second kappa shape index (κ2) is 7.51. The molecular weight excluding hydrogens is 282 g/mol. The number of anilines is 2. The molecule has 0 radical (unpaired) electrons. The number of nitrogen functional groups attached to an aromatic ring is 1. The summed E-state index contributed by atoms with van der Waals surface area (Å²) in [6.07, 6.45) is 3.16. The molecule has 0 fully saturated rings. The fourth-order valence-corrected chi connectivity index (χ4v) is 2.13. The second-order valence-corrected chi connectivity index (χ2v) is 4.87. The lowest BCUT2D eigenvalue weighted by atomic mass is 10.1. The lowest BCUT2D eigenvalue weighted by Gasteiger charge is -2.19. The van der Waals surface area contributed by atoms with Crippen LogP contribution in [0.3, 0.4) is 0 Å². The van der Waals surface area contributed by atoms with Crippen molar-refractivity contribution in [1.29, 1.82) is 0 Å².